The Balaban J connectivity index is 1.83. The molecule has 2 rings (SSSR count). The molecule has 8 nitrogen and oxygen atoms in total. The Labute approximate surface area is 219 Å². The first-order chi connectivity index (χ1) is 17.8. The number of unbranched alkanes of at least 4 members (excludes halogenated alkanes) is 2. The summed E-state index contributed by atoms with van der Waals surface area (Å²) in [5.41, 5.74) is 2.41. The zero-order valence-electron chi connectivity index (χ0n) is 22.0. The van der Waals surface area contributed by atoms with E-state index >= 15 is 0 Å². The number of carboxylic acid groups (broad SMARTS) is 1. The number of anilines is 1. The van der Waals surface area contributed by atoms with Gasteiger partial charge in [-0.1, -0.05) is 24.3 Å². The van der Waals surface area contributed by atoms with Crippen LogP contribution in [0.25, 0.3) is 6.08 Å². The van der Waals surface area contributed by atoms with Gasteiger partial charge in [0.25, 0.3) is 0 Å². The van der Waals surface area contributed by atoms with Crippen LogP contribution < -0.4 is 14.8 Å². The van der Waals surface area contributed by atoms with Gasteiger partial charge in [0.05, 0.1) is 13.7 Å². The minimum atomic E-state index is -0.895. The lowest BCUT2D eigenvalue weighted by molar-refractivity contribution is -0.137. The van der Waals surface area contributed by atoms with Gasteiger partial charge in [-0.2, -0.15) is 0 Å². The van der Waals surface area contributed by atoms with Crippen molar-refractivity contribution in [3.05, 3.63) is 59.7 Å². The molecule has 0 saturated carbocycles. The molecule has 2 N–H and O–H groups in total. The van der Waals surface area contributed by atoms with E-state index in [0.29, 0.717) is 37.3 Å². The zero-order valence-corrected chi connectivity index (χ0v) is 22.0. The van der Waals surface area contributed by atoms with Gasteiger partial charge in [0.2, 0.25) is 11.8 Å². The van der Waals surface area contributed by atoms with E-state index in [-0.39, 0.29) is 24.7 Å². The maximum Gasteiger partial charge on any atom is 0.303 e. The Hall–Kier alpha value is -3.81. The molecule has 2 aromatic carbocycles. The van der Waals surface area contributed by atoms with Gasteiger partial charge in [-0.3, -0.25) is 14.4 Å². The van der Waals surface area contributed by atoms with E-state index in [9.17, 15) is 14.4 Å². The molecule has 2 amide bonds. The van der Waals surface area contributed by atoms with Gasteiger partial charge in [-0.15, -0.1) is 0 Å². The van der Waals surface area contributed by atoms with Crippen LogP contribution in [0.2, 0.25) is 0 Å². The maximum atomic E-state index is 12.3. The predicted octanol–water partition coefficient (Wildman–Crippen LogP) is 5.17. The largest absolute Gasteiger partial charge is 0.497 e. The van der Waals surface area contributed by atoms with E-state index < -0.39 is 5.97 Å². The second-order valence-corrected chi connectivity index (χ2v) is 8.93. The molecule has 0 radical (unpaired) electrons. The second kappa shape index (κ2) is 16.0. The number of hydrogen-bond acceptors (Lipinski definition) is 5. The fourth-order valence-corrected chi connectivity index (χ4v) is 3.59. The summed E-state index contributed by atoms with van der Waals surface area (Å²) >= 11 is 0. The molecule has 0 aliphatic rings. The molecule has 200 valence electrons. The quantitative estimate of drug-likeness (QED) is 0.302. The van der Waals surface area contributed by atoms with Crippen molar-refractivity contribution in [3.8, 4) is 11.5 Å². The highest BCUT2D eigenvalue weighted by Crippen LogP contribution is 2.25. The van der Waals surface area contributed by atoms with Crippen molar-refractivity contribution >= 4 is 29.5 Å². The standard InChI is InChI=1S/C29H38N2O6/c1-31(2)28(33)14-9-13-27(32)30-24-16-17-26(23(21-24)15-18-29(34)35)37-19-7-5-4-6-10-22-11-8-12-25(20-22)36-3/h6,8,10-12,16-17,20-21H,4-5,7,9,13-15,18-19H2,1-3H3,(H,30,32)(H,34,35)/b10-6+. The number of nitrogens with zero attached hydrogens (tertiary/aromatic N) is 1. The summed E-state index contributed by atoms with van der Waals surface area (Å²) in [5, 5.41) is 11.9. The Bertz CT molecular complexity index is 1060. The average Bonchev–Trinajstić information content (AvgIpc) is 2.87. The van der Waals surface area contributed by atoms with Gasteiger partial charge in [-0.05, 0) is 73.6 Å². The zero-order chi connectivity index (χ0) is 27.0. The molecule has 0 fully saturated rings. The van der Waals surface area contributed by atoms with Crippen LogP contribution in [0, 0.1) is 0 Å². The van der Waals surface area contributed by atoms with Crippen molar-refractivity contribution in [3.63, 3.8) is 0 Å². The number of aryl methyl sites for hydroxylation is 1. The van der Waals surface area contributed by atoms with Gasteiger partial charge in [0.15, 0.2) is 0 Å². The smallest absolute Gasteiger partial charge is 0.303 e. The normalized spacial score (nSPS) is 10.8. The van der Waals surface area contributed by atoms with Crippen LogP contribution in [0.4, 0.5) is 5.69 Å². The van der Waals surface area contributed by atoms with Crippen LogP contribution in [-0.2, 0) is 20.8 Å². The van der Waals surface area contributed by atoms with Gasteiger partial charge < -0.3 is 24.8 Å². The maximum absolute atomic E-state index is 12.3. The summed E-state index contributed by atoms with van der Waals surface area (Å²) in [7, 11) is 5.02. The lowest BCUT2D eigenvalue weighted by Gasteiger charge is -2.14. The first-order valence-corrected chi connectivity index (χ1v) is 12.6. The number of ether oxygens (including phenoxy) is 2. The minimum Gasteiger partial charge on any atom is -0.497 e. The van der Waals surface area contributed by atoms with E-state index in [1.165, 1.54) is 4.90 Å². The molecular weight excluding hydrogens is 472 g/mol. The summed E-state index contributed by atoms with van der Waals surface area (Å²) in [6.07, 6.45) is 8.19. The molecule has 37 heavy (non-hydrogen) atoms. The average molecular weight is 511 g/mol. The summed E-state index contributed by atoms with van der Waals surface area (Å²) in [6, 6.07) is 13.2. The van der Waals surface area contributed by atoms with Crippen molar-refractivity contribution in [1.29, 1.82) is 0 Å². The predicted molar refractivity (Wildman–Crippen MR) is 145 cm³/mol. The van der Waals surface area contributed by atoms with Crippen molar-refractivity contribution < 1.29 is 29.0 Å². The molecule has 8 heteroatoms. The Morgan fingerprint density at radius 2 is 1.81 bits per heavy atom. The number of aliphatic carboxylic acids is 1. The van der Waals surface area contributed by atoms with Gasteiger partial charge in [0.1, 0.15) is 11.5 Å². The fourth-order valence-electron chi connectivity index (χ4n) is 3.59. The van der Waals surface area contributed by atoms with Crippen molar-refractivity contribution in [1.82, 2.24) is 4.90 Å². The molecule has 0 spiro atoms. The number of carbonyl (C=O) groups is 3. The number of amides is 2. The van der Waals surface area contributed by atoms with Crippen molar-refractivity contribution in [2.45, 2.75) is 51.4 Å². The fraction of sp³-hybridized carbons (Fsp3) is 0.414. The number of carbonyl (C=O) groups excluding carboxylic acids is 2. The first kappa shape index (κ1) is 29.4. The molecule has 0 unspecified atom stereocenters. The topological polar surface area (TPSA) is 105 Å². The van der Waals surface area contributed by atoms with Gasteiger partial charge in [-0.25, -0.2) is 0 Å². The Morgan fingerprint density at radius 3 is 2.54 bits per heavy atom. The Morgan fingerprint density at radius 1 is 1.00 bits per heavy atom. The minimum absolute atomic E-state index is 0.0156. The van der Waals surface area contributed by atoms with Crippen LogP contribution in [0.1, 0.15) is 56.1 Å². The van der Waals surface area contributed by atoms with E-state index in [0.717, 1.165) is 36.1 Å². The summed E-state index contributed by atoms with van der Waals surface area (Å²) in [4.78, 5) is 36.5. The number of rotatable bonds is 16. The molecule has 0 bridgehead atoms. The highest BCUT2D eigenvalue weighted by Gasteiger charge is 2.11. The SMILES string of the molecule is COc1cccc(/C=C/CCCCOc2ccc(NC(=O)CCCC(=O)N(C)C)cc2CCC(=O)O)c1. The van der Waals surface area contributed by atoms with Crippen LogP contribution in [0.15, 0.2) is 48.5 Å². The number of hydrogen-bond donors (Lipinski definition) is 2. The summed E-state index contributed by atoms with van der Waals surface area (Å²) in [5.74, 6) is 0.359. The van der Waals surface area contributed by atoms with Gasteiger partial charge in [0, 0.05) is 39.0 Å². The number of allylic oxidation sites excluding steroid dienone is 1. The number of nitrogens with one attached hydrogen (secondary N) is 1. The molecule has 0 aliphatic heterocycles. The molecule has 0 heterocycles. The molecule has 0 aliphatic carbocycles. The molecular formula is C29H38N2O6. The molecule has 0 saturated heterocycles. The lowest BCUT2D eigenvalue weighted by Crippen LogP contribution is -2.21. The number of carboxylic acids is 1. The molecule has 0 atom stereocenters. The highest BCUT2D eigenvalue weighted by atomic mass is 16.5. The molecule has 2 aromatic rings. The van der Waals surface area contributed by atoms with Crippen LogP contribution in [0.3, 0.4) is 0 Å². The van der Waals surface area contributed by atoms with E-state index in [2.05, 4.69) is 17.5 Å². The number of benzene rings is 2. The second-order valence-electron chi connectivity index (χ2n) is 8.93. The van der Waals surface area contributed by atoms with E-state index in [1.54, 1.807) is 39.4 Å². The monoisotopic (exact) mass is 510 g/mol. The summed E-state index contributed by atoms with van der Waals surface area (Å²) < 4.78 is 11.2. The van der Waals surface area contributed by atoms with Crippen LogP contribution >= 0.6 is 0 Å². The van der Waals surface area contributed by atoms with Gasteiger partial charge >= 0.3 is 5.97 Å². The first-order valence-electron chi connectivity index (χ1n) is 12.6. The molecule has 0 aromatic heterocycles. The third kappa shape index (κ3) is 11.6. The third-order valence-corrected chi connectivity index (χ3v) is 5.67. The van der Waals surface area contributed by atoms with Crippen molar-refractivity contribution in [2.24, 2.45) is 0 Å². The van der Waals surface area contributed by atoms with Crippen LogP contribution in [0.5, 0.6) is 11.5 Å². The summed E-state index contributed by atoms with van der Waals surface area (Å²) in [6.45, 7) is 0.513. The lowest BCUT2D eigenvalue weighted by atomic mass is 10.1. The highest BCUT2D eigenvalue weighted by molar-refractivity contribution is 5.91. The Kier molecular flexibility index (Phi) is 12.8. The van der Waals surface area contributed by atoms with Crippen LogP contribution in [-0.4, -0.2) is 55.6 Å². The van der Waals surface area contributed by atoms with E-state index in [4.69, 9.17) is 14.6 Å². The third-order valence-electron chi connectivity index (χ3n) is 5.67. The van der Waals surface area contributed by atoms with Crippen molar-refractivity contribution in [2.75, 3.05) is 33.1 Å². The van der Waals surface area contributed by atoms with E-state index in [1.807, 2.05) is 24.3 Å². The number of methoxy groups -OCH3 is 1.